The molecule has 1 aromatic rings. The molecule has 2 heterocycles. The van der Waals surface area contributed by atoms with Crippen LogP contribution >= 0.6 is 0 Å². The number of rotatable bonds is 2. The molecule has 1 fully saturated rings. The standard InChI is InChI=1S/C10H13NO4/c1-6-14-10(15-6)7-4-5-11(2)9(12)8(7)13-3/h4-6,10H,1-3H3. The van der Waals surface area contributed by atoms with Crippen LogP contribution in [-0.2, 0) is 16.5 Å². The summed E-state index contributed by atoms with van der Waals surface area (Å²) in [7, 11) is 3.13. The molecule has 82 valence electrons. The van der Waals surface area contributed by atoms with Crippen molar-refractivity contribution in [3.8, 4) is 5.75 Å². The number of hydrogen-bond acceptors (Lipinski definition) is 4. The van der Waals surface area contributed by atoms with Gasteiger partial charge in [-0.25, -0.2) is 0 Å². The Balaban J connectivity index is 2.39. The fourth-order valence-corrected chi connectivity index (χ4v) is 1.51. The molecule has 1 aromatic heterocycles. The zero-order valence-electron chi connectivity index (χ0n) is 8.89. The lowest BCUT2D eigenvalue weighted by Gasteiger charge is -2.34. The molecular weight excluding hydrogens is 198 g/mol. The summed E-state index contributed by atoms with van der Waals surface area (Å²) < 4.78 is 17.1. The average Bonchev–Trinajstić information content (AvgIpc) is 2.18. The van der Waals surface area contributed by atoms with Crippen LogP contribution in [-0.4, -0.2) is 18.0 Å². The predicted molar refractivity (Wildman–Crippen MR) is 52.6 cm³/mol. The van der Waals surface area contributed by atoms with E-state index in [-0.39, 0.29) is 17.6 Å². The largest absolute Gasteiger partial charge is 0.491 e. The van der Waals surface area contributed by atoms with Crippen molar-refractivity contribution in [3.63, 3.8) is 0 Å². The fourth-order valence-electron chi connectivity index (χ4n) is 1.51. The van der Waals surface area contributed by atoms with Crippen LogP contribution in [0.15, 0.2) is 17.1 Å². The Kier molecular flexibility index (Phi) is 2.50. The Morgan fingerprint density at radius 3 is 2.67 bits per heavy atom. The van der Waals surface area contributed by atoms with Crippen LogP contribution in [0.25, 0.3) is 0 Å². The Bertz CT molecular complexity index is 420. The lowest BCUT2D eigenvalue weighted by atomic mass is 10.2. The maximum absolute atomic E-state index is 11.7. The van der Waals surface area contributed by atoms with Gasteiger partial charge in [0.25, 0.3) is 5.56 Å². The zero-order chi connectivity index (χ0) is 11.0. The van der Waals surface area contributed by atoms with Crippen molar-refractivity contribution in [3.05, 3.63) is 28.2 Å². The molecule has 0 atom stereocenters. The van der Waals surface area contributed by atoms with Gasteiger partial charge in [-0.3, -0.25) is 4.79 Å². The Morgan fingerprint density at radius 1 is 1.47 bits per heavy atom. The van der Waals surface area contributed by atoms with Gasteiger partial charge in [0.05, 0.1) is 12.7 Å². The van der Waals surface area contributed by atoms with Crippen molar-refractivity contribution in [1.82, 2.24) is 4.57 Å². The summed E-state index contributed by atoms with van der Waals surface area (Å²) >= 11 is 0. The third-order valence-electron chi connectivity index (χ3n) is 2.34. The van der Waals surface area contributed by atoms with Crippen LogP contribution < -0.4 is 10.3 Å². The molecule has 1 aliphatic rings. The highest BCUT2D eigenvalue weighted by molar-refractivity contribution is 5.32. The summed E-state index contributed by atoms with van der Waals surface area (Å²) in [6, 6.07) is 1.76. The Hall–Kier alpha value is -1.33. The van der Waals surface area contributed by atoms with E-state index in [0.717, 1.165) is 0 Å². The number of pyridine rings is 1. The molecule has 0 aromatic carbocycles. The van der Waals surface area contributed by atoms with Crippen molar-refractivity contribution in [1.29, 1.82) is 0 Å². The maximum atomic E-state index is 11.7. The molecule has 0 aliphatic carbocycles. The molecule has 1 saturated heterocycles. The molecule has 0 saturated carbocycles. The normalized spacial score (nSPS) is 24.7. The molecule has 0 bridgehead atoms. The van der Waals surface area contributed by atoms with Gasteiger partial charge in [-0.15, -0.1) is 0 Å². The fraction of sp³-hybridized carbons (Fsp3) is 0.500. The predicted octanol–water partition coefficient (Wildman–Crippen LogP) is 0.785. The van der Waals surface area contributed by atoms with E-state index >= 15 is 0 Å². The van der Waals surface area contributed by atoms with Gasteiger partial charge in [-0.1, -0.05) is 0 Å². The smallest absolute Gasteiger partial charge is 0.293 e. The van der Waals surface area contributed by atoms with Gasteiger partial charge >= 0.3 is 0 Å². The van der Waals surface area contributed by atoms with Crippen molar-refractivity contribution < 1.29 is 14.2 Å². The van der Waals surface area contributed by atoms with E-state index in [0.29, 0.717) is 5.56 Å². The summed E-state index contributed by atoms with van der Waals surface area (Å²) in [4.78, 5) is 11.7. The number of methoxy groups -OCH3 is 1. The summed E-state index contributed by atoms with van der Waals surface area (Å²) in [5.41, 5.74) is 0.445. The molecule has 0 spiro atoms. The number of aromatic nitrogens is 1. The lowest BCUT2D eigenvalue weighted by Crippen LogP contribution is -2.33. The van der Waals surface area contributed by atoms with Crippen LogP contribution in [0.2, 0.25) is 0 Å². The summed E-state index contributed by atoms with van der Waals surface area (Å²) in [5.74, 6) is 0.275. The van der Waals surface area contributed by atoms with E-state index in [4.69, 9.17) is 14.2 Å². The van der Waals surface area contributed by atoms with Gasteiger partial charge in [-0.2, -0.15) is 0 Å². The van der Waals surface area contributed by atoms with Gasteiger partial charge in [-0.05, 0) is 13.0 Å². The Morgan fingerprint density at radius 2 is 2.13 bits per heavy atom. The number of ether oxygens (including phenoxy) is 3. The third kappa shape index (κ3) is 1.64. The summed E-state index contributed by atoms with van der Waals surface area (Å²) in [6.45, 7) is 1.80. The van der Waals surface area contributed by atoms with Crippen molar-refractivity contribution >= 4 is 0 Å². The minimum atomic E-state index is -0.483. The SMILES string of the molecule is COc1c(C2OC(C)O2)ccn(C)c1=O. The molecule has 0 amide bonds. The van der Waals surface area contributed by atoms with Crippen LogP contribution in [0.5, 0.6) is 5.75 Å². The zero-order valence-corrected chi connectivity index (χ0v) is 8.89. The molecular formula is C10H13NO4. The molecule has 2 rings (SSSR count). The van der Waals surface area contributed by atoms with Crippen molar-refractivity contribution in [2.24, 2.45) is 7.05 Å². The van der Waals surface area contributed by atoms with Gasteiger partial charge in [0.1, 0.15) is 0 Å². The molecule has 0 radical (unpaired) electrons. The minimum Gasteiger partial charge on any atom is -0.491 e. The van der Waals surface area contributed by atoms with E-state index in [1.54, 1.807) is 26.2 Å². The molecule has 5 nitrogen and oxygen atoms in total. The van der Waals surface area contributed by atoms with Gasteiger partial charge in [0, 0.05) is 13.2 Å². The van der Waals surface area contributed by atoms with Crippen LogP contribution in [0.1, 0.15) is 18.8 Å². The number of aryl methyl sites for hydroxylation is 1. The average molecular weight is 211 g/mol. The maximum Gasteiger partial charge on any atom is 0.293 e. The van der Waals surface area contributed by atoms with Crippen LogP contribution in [0.4, 0.5) is 0 Å². The second kappa shape index (κ2) is 3.67. The van der Waals surface area contributed by atoms with Crippen LogP contribution in [0.3, 0.4) is 0 Å². The second-order valence-corrected chi connectivity index (χ2v) is 3.39. The van der Waals surface area contributed by atoms with Gasteiger partial charge in [0.15, 0.2) is 18.3 Å². The molecule has 0 N–H and O–H groups in total. The Labute approximate surface area is 87.2 Å². The minimum absolute atomic E-state index is 0.193. The number of hydrogen-bond donors (Lipinski definition) is 0. The van der Waals surface area contributed by atoms with Gasteiger partial charge < -0.3 is 18.8 Å². The summed E-state index contributed by atoms with van der Waals surface area (Å²) in [6.07, 6.45) is 0.961. The molecule has 5 heteroatoms. The molecule has 15 heavy (non-hydrogen) atoms. The van der Waals surface area contributed by atoms with E-state index in [1.165, 1.54) is 11.7 Å². The lowest BCUT2D eigenvalue weighted by molar-refractivity contribution is -0.382. The van der Waals surface area contributed by atoms with E-state index < -0.39 is 6.29 Å². The van der Waals surface area contributed by atoms with E-state index in [9.17, 15) is 4.79 Å². The molecule has 1 aliphatic heterocycles. The quantitative estimate of drug-likeness (QED) is 0.725. The van der Waals surface area contributed by atoms with Gasteiger partial charge in [0.2, 0.25) is 0 Å². The first-order valence-corrected chi connectivity index (χ1v) is 4.68. The highest BCUT2D eigenvalue weighted by Crippen LogP contribution is 2.34. The van der Waals surface area contributed by atoms with E-state index in [2.05, 4.69) is 0 Å². The van der Waals surface area contributed by atoms with Crippen molar-refractivity contribution in [2.75, 3.05) is 7.11 Å². The first kappa shape index (κ1) is 10.2. The topological polar surface area (TPSA) is 49.7 Å². The third-order valence-corrected chi connectivity index (χ3v) is 2.34. The second-order valence-electron chi connectivity index (χ2n) is 3.39. The van der Waals surface area contributed by atoms with Crippen LogP contribution in [0, 0.1) is 0 Å². The highest BCUT2D eigenvalue weighted by Gasteiger charge is 2.31. The first-order chi connectivity index (χ1) is 7.13. The highest BCUT2D eigenvalue weighted by atomic mass is 16.9. The van der Waals surface area contributed by atoms with Crippen molar-refractivity contribution in [2.45, 2.75) is 19.5 Å². The first-order valence-electron chi connectivity index (χ1n) is 4.68. The molecule has 0 unspecified atom stereocenters. The monoisotopic (exact) mass is 211 g/mol. The number of nitrogens with zero attached hydrogens (tertiary/aromatic N) is 1. The summed E-state index contributed by atoms with van der Waals surface area (Å²) in [5, 5.41) is 0. The van der Waals surface area contributed by atoms with E-state index in [1.807, 2.05) is 0 Å².